The smallest absolute Gasteiger partial charge is 0.237 e. The van der Waals surface area contributed by atoms with Gasteiger partial charge in [-0.15, -0.1) is 0 Å². The molecule has 2 amide bonds. The molecule has 1 aromatic carbocycles. The number of hydrogen-bond donors (Lipinski definition) is 0. The van der Waals surface area contributed by atoms with Crippen molar-refractivity contribution in [1.82, 2.24) is 9.80 Å². The molecule has 0 aromatic heterocycles. The second-order valence-electron chi connectivity index (χ2n) is 8.28. The maximum atomic E-state index is 12.7. The Hall–Kier alpha value is -1.89. The molecule has 1 saturated heterocycles. The SMILES string of the molecule is O=C(CS(=O)(=O)C1CCCC1)N1CCN(C(=O)C2CC2c2ccccc2)CC1. The quantitative estimate of drug-likeness (QED) is 0.750. The van der Waals surface area contributed by atoms with Gasteiger partial charge in [-0.25, -0.2) is 8.42 Å². The number of benzene rings is 1. The molecule has 0 radical (unpaired) electrons. The molecule has 4 rings (SSSR count). The van der Waals surface area contributed by atoms with Gasteiger partial charge in [-0.3, -0.25) is 9.59 Å². The van der Waals surface area contributed by atoms with Crippen LogP contribution in [0.25, 0.3) is 0 Å². The highest BCUT2D eigenvalue weighted by molar-refractivity contribution is 7.92. The monoisotopic (exact) mass is 404 g/mol. The van der Waals surface area contributed by atoms with Gasteiger partial charge in [0, 0.05) is 32.1 Å². The Morgan fingerprint density at radius 3 is 2.18 bits per heavy atom. The van der Waals surface area contributed by atoms with Crippen LogP contribution in [-0.2, 0) is 19.4 Å². The fraction of sp³-hybridized carbons (Fsp3) is 0.619. The molecular formula is C21H28N2O4S. The molecule has 2 unspecified atom stereocenters. The Bertz CT molecular complexity index is 825. The third-order valence-corrected chi connectivity index (χ3v) is 8.55. The van der Waals surface area contributed by atoms with E-state index in [-0.39, 0.29) is 28.7 Å². The number of rotatable bonds is 5. The summed E-state index contributed by atoms with van der Waals surface area (Å²) in [5.74, 6) is -0.172. The van der Waals surface area contributed by atoms with Gasteiger partial charge in [0.1, 0.15) is 5.75 Å². The number of piperazine rings is 1. The van der Waals surface area contributed by atoms with E-state index in [1.54, 1.807) is 4.90 Å². The average Bonchev–Trinajstić information content (AvgIpc) is 3.30. The summed E-state index contributed by atoms with van der Waals surface area (Å²) in [5.41, 5.74) is 1.21. The number of nitrogens with zero attached hydrogens (tertiary/aromatic N) is 2. The summed E-state index contributed by atoms with van der Waals surface area (Å²) < 4.78 is 24.8. The van der Waals surface area contributed by atoms with E-state index in [0.29, 0.717) is 44.9 Å². The van der Waals surface area contributed by atoms with Crippen molar-refractivity contribution in [3.63, 3.8) is 0 Å². The van der Waals surface area contributed by atoms with Gasteiger partial charge < -0.3 is 9.80 Å². The van der Waals surface area contributed by atoms with Gasteiger partial charge in [-0.05, 0) is 30.7 Å². The van der Waals surface area contributed by atoms with Gasteiger partial charge in [-0.1, -0.05) is 43.2 Å². The van der Waals surface area contributed by atoms with E-state index in [1.807, 2.05) is 23.1 Å². The molecule has 1 aliphatic heterocycles. The third-order valence-electron chi connectivity index (χ3n) is 6.41. The molecule has 2 saturated carbocycles. The topological polar surface area (TPSA) is 74.8 Å². The van der Waals surface area contributed by atoms with E-state index in [1.165, 1.54) is 5.56 Å². The van der Waals surface area contributed by atoms with Gasteiger partial charge in [0.05, 0.1) is 5.25 Å². The highest BCUT2D eigenvalue weighted by Gasteiger charge is 2.46. The minimum Gasteiger partial charge on any atom is -0.339 e. The van der Waals surface area contributed by atoms with Crippen molar-refractivity contribution in [3.05, 3.63) is 35.9 Å². The second-order valence-corrected chi connectivity index (χ2v) is 10.6. The van der Waals surface area contributed by atoms with Crippen LogP contribution >= 0.6 is 0 Å². The van der Waals surface area contributed by atoms with Gasteiger partial charge in [-0.2, -0.15) is 0 Å². The Kier molecular flexibility index (Phi) is 5.45. The van der Waals surface area contributed by atoms with Crippen molar-refractivity contribution >= 4 is 21.7 Å². The highest BCUT2D eigenvalue weighted by atomic mass is 32.2. The first-order valence-electron chi connectivity index (χ1n) is 10.3. The number of sulfone groups is 1. The average molecular weight is 405 g/mol. The molecule has 1 heterocycles. The van der Waals surface area contributed by atoms with Crippen LogP contribution in [0.3, 0.4) is 0 Å². The molecule has 1 aromatic rings. The molecule has 3 aliphatic rings. The lowest BCUT2D eigenvalue weighted by molar-refractivity contribution is -0.139. The third kappa shape index (κ3) is 4.09. The van der Waals surface area contributed by atoms with E-state index in [4.69, 9.17) is 0 Å². The molecule has 0 N–H and O–H groups in total. The maximum absolute atomic E-state index is 12.7. The van der Waals surface area contributed by atoms with Crippen LogP contribution in [0.2, 0.25) is 0 Å². The lowest BCUT2D eigenvalue weighted by Gasteiger charge is -2.35. The minimum atomic E-state index is -3.35. The second kappa shape index (κ2) is 7.85. The summed E-state index contributed by atoms with van der Waals surface area (Å²) in [6.07, 6.45) is 4.12. The highest BCUT2D eigenvalue weighted by Crippen LogP contribution is 2.48. The Labute approximate surface area is 166 Å². The molecule has 7 heteroatoms. The van der Waals surface area contributed by atoms with Crippen LogP contribution in [0.4, 0.5) is 0 Å². The number of amides is 2. The number of carbonyl (C=O) groups is 2. The van der Waals surface area contributed by atoms with Crippen molar-refractivity contribution < 1.29 is 18.0 Å². The van der Waals surface area contributed by atoms with E-state index in [0.717, 1.165) is 19.3 Å². The van der Waals surface area contributed by atoms with Crippen LogP contribution < -0.4 is 0 Å². The summed E-state index contributed by atoms with van der Waals surface area (Å²) in [5, 5.41) is -0.343. The largest absolute Gasteiger partial charge is 0.339 e. The van der Waals surface area contributed by atoms with Crippen molar-refractivity contribution in [1.29, 1.82) is 0 Å². The number of hydrogen-bond acceptors (Lipinski definition) is 4. The van der Waals surface area contributed by atoms with Gasteiger partial charge >= 0.3 is 0 Å². The van der Waals surface area contributed by atoms with Crippen molar-refractivity contribution in [3.8, 4) is 0 Å². The Morgan fingerprint density at radius 1 is 0.929 bits per heavy atom. The first-order valence-corrected chi connectivity index (χ1v) is 12.0. The zero-order valence-corrected chi connectivity index (χ0v) is 16.9. The van der Waals surface area contributed by atoms with Crippen LogP contribution in [0.15, 0.2) is 30.3 Å². The fourth-order valence-corrected chi connectivity index (χ4v) is 6.39. The first kappa shape index (κ1) is 19.4. The van der Waals surface area contributed by atoms with Gasteiger partial charge in [0.2, 0.25) is 11.8 Å². The van der Waals surface area contributed by atoms with E-state index >= 15 is 0 Å². The maximum Gasteiger partial charge on any atom is 0.237 e. The Balaban J connectivity index is 1.26. The Morgan fingerprint density at radius 2 is 1.54 bits per heavy atom. The van der Waals surface area contributed by atoms with E-state index in [2.05, 4.69) is 12.1 Å². The summed E-state index contributed by atoms with van der Waals surface area (Å²) in [6, 6.07) is 10.1. The van der Waals surface area contributed by atoms with Crippen LogP contribution in [-0.4, -0.2) is 67.2 Å². The summed E-state index contributed by atoms with van der Waals surface area (Å²) >= 11 is 0. The van der Waals surface area contributed by atoms with Gasteiger partial charge in [0.25, 0.3) is 0 Å². The molecular weight excluding hydrogens is 376 g/mol. The van der Waals surface area contributed by atoms with Crippen molar-refractivity contribution in [2.45, 2.75) is 43.3 Å². The molecule has 28 heavy (non-hydrogen) atoms. The zero-order chi connectivity index (χ0) is 19.7. The molecule has 2 aliphatic carbocycles. The summed E-state index contributed by atoms with van der Waals surface area (Å²) in [4.78, 5) is 28.7. The standard InChI is InChI=1S/C21H28N2O4S/c24-20(15-28(26,27)17-8-4-5-9-17)22-10-12-23(13-11-22)21(25)19-14-18(19)16-6-2-1-3-7-16/h1-3,6-7,17-19H,4-5,8-15H2. The predicted octanol–water partition coefficient (Wildman–Crippen LogP) is 1.82. The molecule has 6 nitrogen and oxygen atoms in total. The predicted molar refractivity (Wildman–Crippen MR) is 106 cm³/mol. The summed E-state index contributed by atoms with van der Waals surface area (Å²) in [6.45, 7) is 1.83. The lowest BCUT2D eigenvalue weighted by Crippen LogP contribution is -2.52. The van der Waals surface area contributed by atoms with Crippen LogP contribution in [0.5, 0.6) is 0 Å². The molecule has 152 valence electrons. The molecule has 0 bridgehead atoms. The lowest BCUT2D eigenvalue weighted by atomic mass is 10.1. The number of carbonyl (C=O) groups excluding carboxylic acids is 2. The first-order chi connectivity index (χ1) is 13.5. The zero-order valence-electron chi connectivity index (χ0n) is 16.1. The molecule has 2 atom stereocenters. The normalized spacial score (nSPS) is 25.7. The van der Waals surface area contributed by atoms with E-state index in [9.17, 15) is 18.0 Å². The van der Waals surface area contributed by atoms with Crippen LogP contribution in [0.1, 0.15) is 43.6 Å². The van der Waals surface area contributed by atoms with Crippen molar-refractivity contribution in [2.75, 3.05) is 31.9 Å². The summed E-state index contributed by atoms with van der Waals surface area (Å²) in [7, 11) is -3.35. The van der Waals surface area contributed by atoms with Gasteiger partial charge in [0.15, 0.2) is 9.84 Å². The fourth-order valence-electron chi connectivity index (χ4n) is 4.58. The minimum absolute atomic E-state index is 0.0485. The van der Waals surface area contributed by atoms with Crippen LogP contribution in [0, 0.1) is 5.92 Å². The van der Waals surface area contributed by atoms with Crippen molar-refractivity contribution in [2.24, 2.45) is 5.92 Å². The molecule has 3 fully saturated rings. The van der Waals surface area contributed by atoms with E-state index < -0.39 is 9.84 Å². The molecule has 0 spiro atoms.